The highest BCUT2D eigenvalue weighted by molar-refractivity contribution is 6.01. The van der Waals surface area contributed by atoms with Crippen molar-refractivity contribution in [3.05, 3.63) is 78.5 Å². The quantitative estimate of drug-likeness (QED) is 0.255. The molecule has 1 amide bonds. The highest BCUT2D eigenvalue weighted by Crippen LogP contribution is 2.37. The molecule has 0 bridgehead atoms. The van der Waals surface area contributed by atoms with Crippen LogP contribution in [0.15, 0.2) is 72.7 Å². The van der Waals surface area contributed by atoms with E-state index in [1.165, 1.54) is 12.4 Å². The lowest BCUT2D eigenvalue weighted by atomic mass is 10.1. The minimum atomic E-state index is -0.465. The van der Waals surface area contributed by atoms with Crippen molar-refractivity contribution in [2.45, 2.75) is 38.3 Å². The standard InChI is InChI=1S/C30H27FN6O2/c31-26-14-23(39-22-6-2-1-3-7-22)10-11-24(26)25-17-36(29-27(25)28(33)34-18-35-29)16-21-5-4-12-37(21)30(38)20(15-32)13-19-8-9-19/h1-3,6-7,10-11,13-14,17-19,21H,4-5,8-9,12,16H2,(H2,33,34,35). The molecule has 1 atom stereocenters. The fourth-order valence-corrected chi connectivity index (χ4v) is 5.22. The molecule has 4 aromatic rings. The number of aromatic nitrogens is 3. The van der Waals surface area contributed by atoms with Gasteiger partial charge in [-0.25, -0.2) is 14.4 Å². The summed E-state index contributed by atoms with van der Waals surface area (Å²) in [6.45, 7) is 1.03. The van der Waals surface area contributed by atoms with Crippen LogP contribution in [0.1, 0.15) is 25.7 Å². The monoisotopic (exact) mass is 522 g/mol. The molecule has 1 saturated heterocycles. The Kier molecular flexibility index (Phi) is 6.45. The number of halogens is 1. The zero-order valence-electron chi connectivity index (χ0n) is 21.3. The first-order chi connectivity index (χ1) is 19.0. The number of amides is 1. The van der Waals surface area contributed by atoms with Gasteiger partial charge < -0.3 is 19.9 Å². The van der Waals surface area contributed by atoms with Crippen molar-refractivity contribution < 1.29 is 13.9 Å². The third-order valence-corrected chi connectivity index (χ3v) is 7.31. The molecule has 0 radical (unpaired) electrons. The summed E-state index contributed by atoms with van der Waals surface area (Å²) in [5.41, 5.74) is 7.96. The number of hydrogen-bond acceptors (Lipinski definition) is 6. The van der Waals surface area contributed by atoms with Crippen LogP contribution in [-0.2, 0) is 11.3 Å². The van der Waals surface area contributed by atoms with Crippen molar-refractivity contribution in [1.82, 2.24) is 19.4 Å². The van der Waals surface area contributed by atoms with Gasteiger partial charge >= 0.3 is 0 Å². The molecular weight excluding hydrogens is 495 g/mol. The van der Waals surface area contributed by atoms with E-state index >= 15 is 4.39 Å². The van der Waals surface area contributed by atoms with Gasteiger partial charge in [-0.15, -0.1) is 0 Å². The maximum absolute atomic E-state index is 15.5. The SMILES string of the molecule is N#CC(=CC1CC1)C(=O)N1CCCC1Cn1cc(-c2ccc(Oc3ccccc3)cc2F)c2c(N)ncnc21. The number of likely N-dealkylation sites (tertiary alicyclic amines) is 1. The molecule has 1 aliphatic carbocycles. The van der Waals surface area contributed by atoms with Gasteiger partial charge in [-0.05, 0) is 55.9 Å². The smallest absolute Gasteiger partial charge is 0.264 e. The van der Waals surface area contributed by atoms with Crippen molar-refractivity contribution >= 4 is 22.8 Å². The number of nitrogens with two attached hydrogens (primary N) is 1. The number of allylic oxidation sites excluding steroid dienone is 1. The van der Waals surface area contributed by atoms with Gasteiger partial charge in [-0.2, -0.15) is 5.26 Å². The molecule has 1 unspecified atom stereocenters. The normalized spacial score (nSPS) is 17.4. The van der Waals surface area contributed by atoms with E-state index in [1.54, 1.807) is 29.2 Å². The average Bonchev–Trinajstić information content (AvgIpc) is 3.52. The minimum absolute atomic E-state index is 0.125. The third kappa shape index (κ3) is 4.93. The Hall–Kier alpha value is -4.71. The molecule has 0 spiro atoms. The Morgan fingerprint density at radius 3 is 2.69 bits per heavy atom. The van der Waals surface area contributed by atoms with E-state index in [0.29, 0.717) is 52.7 Å². The Labute approximate surface area is 225 Å². The van der Waals surface area contributed by atoms with Crippen LogP contribution in [0.5, 0.6) is 11.5 Å². The van der Waals surface area contributed by atoms with E-state index < -0.39 is 5.82 Å². The van der Waals surface area contributed by atoms with Crippen LogP contribution in [-0.4, -0.2) is 37.9 Å². The lowest BCUT2D eigenvalue weighted by Gasteiger charge is -2.25. The minimum Gasteiger partial charge on any atom is -0.457 e. The predicted molar refractivity (Wildman–Crippen MR) is 145 cm³/mol. The number of ether oxygens (including phenoxy) is 1. The number of nitrogens with zero attached hydrogens (tertiary/aromatic N) is 5. The van der Waals surface area contributed by atoms with Crippen LogP contribution >= 0.6 is 0 Å². The van der Waals surface area contributed by atoms with Crippen LogP contribution in [0.3, 0.4) is 0 Å². The van der Waals surface area contributed by atoms with Crippen molar-refractivity contribution in [2.75, 3.05) is 12.3 Å². The molecule has 2 aromatic carbocycles. The molecule has 2 aliphatic rings. The number of nitrogen functional groups attached to an aromatic ring is 1. The van der Waals surface area contributed by atoms with Crippen molar-refractivity contribution in [3.63, 3.8) is 0 Å². The van der Waals surface area contributed by atoms with E-state index in [1.807, 2.05) is 35.0 Å². The summed E-state index contributed by atoms with van der Waals surface area (Å²) in [5.74, 6) is 0.880. The van der Waals surface area contributed by atoms with Gasteiger partial charge in [0.05, 0.1) is 11.4 Å². The zero-order valence-corrected chi connectivity index (χ0v) is 21.3. The summed E-state index contributed by atoms with van der Waals surface area (Å²) >= 11 is 0. The van der Waals surface area contributed by atoms with E-state index in [0.717, 1.165) is 25.7 Å². The second kappa shape index (κ2) is 10.2. The van der Waals surface area contributed by atoms with Crippen molar-refractivity contribution in [1.29, 1.82) is 5.26 Å². The van der Waals surface area contributed by atoms with Gasteiger partial charge in [0.25, 0.3) is 5.91 Å². The largest absolute Gasteiger partial charge is 0.457 e. The first-order valence-electron chi connectivity index (χ1n) is 13.1. The number of carbonyl (C=O) groups is 1. The third-order valence-electron chi connectivity index (χ3n) is 7.31. The topological polar surface area (TPSA) is 110 Å². The molecule has 9 heteroatoms. The summed E-state index contributed by atoms with van der Waals surface area (Å²) in [6.07, 6.45) is 8.70. The molecule has 1 saturated carbocycles. The molecule has 8 nitrogen and oxygen atoms in total. The number of carbonyl (C=O) groups excluding carboxylic acids is 1. The van der Waals surface area contributed by atoms with Crippen LogP contribution in [0, 0.1) is 23.1 Å². The molecule has 2 N–H and O–H groups in total. The number of fused-ring (bicyclic) bond motifs is 1. The summed E-state index contributed by atoms with van der Waals surface area (Å²) in [4.78, 5) is 23.6. The van der Waals surface area contributed by atoms with Crippen molar-refractivity contribution in [2.24, 2.45) is 5.92 Å². The summed E-state index contributed by atoms with van der Waals surface area (Å²) < 4.78 is 23.1. The number of rotatable bonds is 7. The van der Waals surface area contributed by atoms with Gasteiger partial charge in [0, 0.05) is 36.5 Å². The van der Waals surface area contributed by atoms with Gasteiger partial charge in [0.1, 0.15) is 46.8 Å². The van der Waals surface area contributed by atoms with E-state index in [2.05, 4.69) is 16.0 Å². The Bertz CT molecular complexity index is 1620. The summed E-state index contributed by atoms with van der Waals surface area (Å²) in [6, 6.07) is 15.9. The molecule has 2 fully saturated rings. The zero-order chi connectivity index (χ0) is 26.9. The van der Waals surface area contributed by atoms with E-state index in [9.17, 15) is 10.1 Å². The van der Waals surface area contributed by atoms with Crippen LogP contribution in [0.4, 0.5) is 10.2 Å². The summed E-state index contributed by atoms with van der Waals surface area (Å²) in [7, 11) is 0. The lowest BCUT2D eigenvalue weighted by Crippen LogP contribution is -2.38. The summed E-state index contributed by atoms with van der Waals surface area (Å²) in [5, 5.41) is 10.1. The fourth-order valence-electron chi connectivity index (χ4n) is 5.22. The Morgan fingerprint density at radius 1 is 1.13 bits per heavy atom. The number of benzene rings is 2. The maximum Gasteiger partial charge on any atom is 0.264 e. The van der Waals surface area contributed by atoms with E-state index in [4.69, 9.17) is 10.5 Å². The fraction of sp³-hybridized carbons (Fsp3) is 0.267. The highest BCUT2D eigenvalue weighted by atomic mass is 19.1. The second-order valence-electron chi connectivity index (χ2n) is 10.0. The van der Waals surface area contributed by atoms with Gasteiger partial charge in [0.2, 0.25) is 0 Å². The van der Waals surface area contributed by atoms with Gasteiger partial charge in [-0.1, -0.05) is 24.3 Å². The first kappa shape index (κ1) is 24.6. The second-order valence-corrected chi connectivity index (χ2v) is 10.0. The maximum atomic E-state index is 15.5. The van der Waals surface area contributed by atoms with Crippen LogP contribution in [0.25, 0.3) is 22.2 Å². The number of para-hydroxylation sites is 1. The van der Waals surface area contributed by atoms with Crippen LogP contribution in [0.2, 0.25) is 0 Å². The van der Waals surface area contributed by atoms with Gasteiger partial charge in [-0.3, -0.25) is 4.79 Å². The highest BCUT2D eigenvalue weighted by Gasteiger charge is 2.33. The average molecular weight is 523 g/mol. The van der Waals surface area contributed by atoms with Gasteiger partial charge in [0.15, 0.2) is 0 Å². The van der Waals surface area contributed by atoms with Crippen LogP contribution < -0.4 is 10.5 Å². The molecular formula is C30H27FN6O2. The Morgan fingerprint density at radius 2 is 1.95 bits per heavy atom. The lowest BCUT2D eigenvalue weighted by molar-refractivity contribution is -0.127. The molecule has 3 heterocycles. The predicted octanol–water partition coefficient (Wildman–Crippen LogP) is 5.46. The Balaban J connectivity index is 1.32. The molecule has 6 rings (SSSR count). The van der Waals surface area contributed by atoms with Crippen molar-refractivity contribution in [3.8, 4) is 28.7 Å². The molecule has 2 aromatic heterocycles. The molecule has 196 valence electrons. The molecule has 39 heavy (non-hydrogen) atoms. The number of hydrogen-bond donors (Lipinski definition) is 1. The number of nitriles is 1. The van der Waals surface area contributed by atoms with E-state index in [-0.39, 0.29) is 23.3 Å². The molecule has 1 aliphatic heterocycles. The first-order valence-corrected chi connectivity index (χ1v) is 13.1. The number of anilines is 1.